The lowest BCUT2D eigenvalue weighted by Crippen LogP contribution is -2.61. The molecule has 0 atom stereocenters. The Hall–Kier alpha value is -8.90. The smallest absolute Gasteiger partial charge is 0.333 e. The summed E-state index contributed by atoms with van der Waals surface area (Å²) in [7, 11) is 0. The van der Waals surface area contributed by atoms with Crippen molar-refractivity contribution < 1.29 is 0 Å². The molecule has 0 amide bonds. The van der Waals surface area contributed by atoms with Crippen LogP contribution < -0.4 is 25.5 Å². The van der Waals surface area contributed by atoms with Gasteiger partial charge in [0.25, 0.3) is 0 Å². The first-order chi connectivity index (χ1) is 38.9. The molecular formula is C75H62BN3S. The molecule has 0 aliphatic carbocycles. The van der Waals surface area contributed by atoms with Crippen molar-refractivity contribution in [2.24, 2.45) is 0 Å². The molecule has 2 aliphatic rings. The van der Waals surface area contributed by atoms with Crippen LogP contribution in [0.15, 0.2) is 249 Å². The molecule has 11 aromatic carbocycles. The minimum atomic E-state index is -0.230. The van der Waals surface area contributed by atoms with Gasteiger partial charge in [-0.05, 0) is 157 Å². The predicted octanol–water partition coefficient (Wildman–Crippen LogP) is 20.1. The first-order valence-electron chi connectivity index (χ1n) is 28.1. The summed E-state index contributed by atoms with van der Waals surface area (Å²) >= 11 is 1.90. The molecule has 3 nitrogen and oxygen atoms in total. The highest BCUT2D eigenvalue weighted by Crippen LogP contribution is 2.54. The first kappa shape index (κ1) is 49.4. The van der Waals surface area contributed by atoms with Gasteiger partial charge in [0.1, 0.15) is 0 Å². The molecule has 80 heavy (non-hydrogen) atoms. The van der Waals surface area contributed by atoms with Crippen LogP contribution in [0.5, 0.6) is 0 Å². The molecule has 0 unspecified atom stereocenters. The summed E-state index contributed by atoms with van der Waals surface area (Å²) in [5.74, 6) is 0. The zero-order valence-electron chi connectivity index (χ0n) is 46.5. The molecule has 0 radical (unpaired) electrons. The zero-order chi connectivity index (χ0) is 54.4. The van der Waals surface area contributed by atoms with E-state index in [1.807, 2.05) is 11.3 Å². The summed E-state index contributed by atoms with van der Waals surface area (Å²) in [6.45, 7) is 15.8. The second-order valence-electron chi connectivity index (χ2n) is 23.8. The second kappa shape index (κ2) is 19.2. The van der Waals surface area contributed by atoms with Gasteiger partial charge in [-0.25, -0.2) is 0 Å². The van der Waals surface area contributed by atoms with E-state index in [1.165, 1.54) is 109 Å². The zero-order valence-corrected chi connectivity index (χ0v) is 47.3. The highest BCUT2D eigenvalue weighted by atomic mass is 32.1. The van der Waals surface area contributed by atoms with Gasteiger partial charge in [-0.2, -0.15) is 0 Å². The Kier molecular flexibility index (Phi) is 11.8. The van der Waals surface area contributed by atoms with Crippen LogP contribution in [0.25, 0.3) is 64.7 Å². The lowest BCUT2D eigenvalue weighted by molar-refractivity contribution is 0.590. The van der Waals surface area contributed by atoms with Crippen molar-refractivity contribution in [1.82, 2.24) is 0 Å². The monoisotopic (exact) mass is 1050 g/mol. The Balaban J connectivity index is 1.09. The van der Waals surface area contributed by atoms with E-state index in [0.29, 0.717) is 0 Å². The number of hydrogen-bond acceptors (Lipinski definition) is 4. The van der Waals surface area contributed by atoms with E-state index in [0.717, 1.165) is 28.4 Å². The van der Waals surface area contributed by atoms with Gasteiger partial charge in [0.15, 0.2) is 0 Å². The van der Waals surface area contributed by atoms with Gasteiger partial charge in [0, 0.05) is 71.2 Å². The molecule has 12 aromatic rings. The summed E-state index contributed by atoms with van der Waals surface area (Å²) in [5, 5.41) is 2.60. The number of fused-ring (bicyclic) bond motifs is 8. The number of hydrogen-bond donors (Lipinski definition) is 0. The van der Waals surface area contributed by atoms with Crippen molar-refractivity contribution in [3.05, 3.63) is 265 Å². The van der Waals surface area contributed by atoms with E-state index >= 15 is 0 Å². The number of nitrogens with zero attached hydrogens (tertiary/aromatic N) is 3. The summed E-state index contributed by atoms with van der Waals surface area (Å²) in [5.41, 5.74) is 25.2. The standard InChI is InChI=1S/C75H62BN3S/c1-49-27-28-55(52-23-15-10-16-24-52)46-66(49)78-65-44-31-54(51-21-13-9-14-22-51)45-64(65)76-73-68(78)48-70-71(63-25-17-18-26-69(63)80-70)72(73)62-43-42-61(47-67(62)79(76)60-36-29-53(30-37-60)50-19-11-8-12-20-50)77(58-38-32-56(33-39-58)74(2,3)4)59-40-34-57(35-41-59)75(5,6)7/h8-48H,1-7H3. The van der Waals surface area contributed by atoms with Crippen LogP contribution in [-0.4, -0.2) is 6.85 Å². The van der Waals surface area contributed by atoms with Gasteiger partial charge in [-0.15, -0.1) is 11.3 Å². The highest BCUT2D eigenvalue weighted by Gasteiger charge is 2.47. The lowest BCUT2D eigenvalue weighted by atomic mass is 9.43. The molecule has 5 heteroatoms. The maximum Gasteiger partial charge on any atom is 0.333 e. The molecule has 0 spiro atoms. The Labute approximate surface area is 475 Å². The van der Waals surface area contributed by atoms with E-state index in [2.05, 4.69) is 312 Å². The fourth-order valence-corrected chi connectivity index (χ4v) is 13.6. The average Bonchev–Trinajstić information content (AvgIpc) is 3.95. The van der Waals surface area contributed by atoms with Crippen molar-refractivity contribution in [3.8, 4) is 44.5 Å². The normalized spacial score (nSPS) is 12.9. The maximum absolute atomic E-state index is 2.68. The summed E-state index contributed by atoms with van der Waals surface area (Å²) in [4.78, 5) is 7.75. The third-order valence-electron chi connectivity index (χ3n) is 16.7. The molecule has 0 saturated carbocycles. The predicted molar refractivity (Wildman–Crippen MR) is 346 cm³/mol. The molecule has 0 bridgehead atoms. The molecular weight excluding hydrogens is 986 g/mol. The van der Waals surface area contributed by atoms with Crippen LogP contribution in [-0.2, 0) is 10.8 Å². The Morgan fingerprint density at radius 3 is 1.51 bits per heavy atom. The van der Waals surface area contributed by atoms with Gasteiger partial charge in [0.2, 0.25) is 0 Å². The molecule has 3 heterocycles. The van der Waals surface area contributed by atoms with Crippen LogP contribution >= 0.6 is 11.3 Å². The number of rotatable bonds is 8. The van der Waals surface area contributed by atoms with E-state index in [4.69, 9.17) is 0 Å². The summed E-state index contributed by atoms with van der Waals surface area (Å²) in [6.07, 6.45) is 0. The van der Waals surface area contributed by atoms with Crippen molar-refractivity contribution in [1.29, 1.82) is 0 Å². The van der Waals surface area contributed by atoms with E-state index in [-0.39, 0.29) is 17.7 Å². The quantitative estimate of drug-likeness (QED) is 0.140. The van der Waals surface area contributed by atoms with Gasteiger partial charge < -0.3 is 14.6 Å². The third kappa shape index (κ3) is 8.42. The third-order valence-corrected chi connectivity index (χ3v) is 17.8. The molecule has 0 saturated heterocycles. The molecule has 2 aliphatic heterocycles. The van der Waals surface area contributed by atoms with Crippen molar-refractivity contribution >= 4 is 94.8 Å². The van der Waals surface area contributed by atoms with Crippen LogP contribution in [0.3, 0.4) is 0 Å². The fraction of sp³-hybridized carbons (Fsp3) is 0.120. The lowest BCUT2D eigenvalue weighted by Gasteiger charge is -2.46. The van der Waals surface area contributed by atoms with Crippen LogP contribution in [0.2, 0.25) is 0 Å². The summed E-state index contributed by atoms with van der Waals surface area (Å²) < 4.78 is 2.57. The Morgan fingerprint density at radius 2 is 0.912 bits per heavy atom. The van der Waals surface area contributed by atoms with Gasteiger partial charge in [0.05, 0.1) is 0 Å². The van der Waals surface area contributed by atoms with Gasteiger partial charge in [-0.1, -0.05) is 217 Å². The van der Waals surface area contributed by atoms with Crippen molar-refractivity contribution in [3.63, 3.8) is 0 Å². The van der Waals surface area contributed by atoms with Crippen molar-refractivity contribution in [2.75, 3.05) is 14.6 Å². The Bertz CT molecular complexity index is 4250. The van der Waals surface area contributed by atoms with Crippen molar-refractivity contribution in [2.45, 2.75) is 59.3 Å². The van der Waals surface area contributed by atoms with Crippen LogP contribution in [0, 0.1) is 6.92 Å². The summed E-state index contributed by atoms with van der Waals surface area (Å²) in [6, 6.07) is 93.5. The highest BCUT2D eigenvalue weighted by molar-refractivity contribution is 7.26. The molecule has 0 fully saturated rings. The second-order valence-corrected chi connectivity index (χ2v) is 24.9. The first-order valence-corrected chi connectivity index (χ1v) is 28.9. The molecule has 386 valence electrons. The van der Waals surface area contributed by atoms with E-state index in [1.54, 1.807) is 0 Å². The van der Waals surface area contributed by atoms with Crippen LogP contribution in [0.4, 0.5) is 45.5 Å². The van der Waals surface area contributed by atoms with E-state index in [9.17, 15) is 0 Å². The number of aryl methyl sites for hydroxylation is 1. The minimum Gasteiger partial charge on any atom is -0.376 e. The maximum atomic E-state index is 2.68. The number of benzene rings is 11. The topological polar surface area (TPSA) is 9.72 Å². The number of thiophene rings is 1. The van der Waals surface area contributed by atoms with Gasteiger partial charge >= 0.3 is 6.85 Å². The molecule has 14 rings (SSSR count). The SMILES string of the molecule is Cc1ccc(-c2ccccc2)cc1N1c2ccc(-c3ccccc3)cc2B2c3c1cc1sc4ccccc4c1c3-c1ccc(N(c3ccc(C(C)(C)C)cc3)c3ccc(C(C)(C)C)cc3)cc1N2c1ccc(-c2ccccc2)cc1. The fourth-order valence-electron chi connectivity index (χ4n) is 12.5. The molecule has 1 aromatic heterocycles. The largest absolute Gasteiger partial charge is 0.376 e. The molecule has 0 N–H and O–H groups in total. The Morgan fingerprint density at radius 1 is 0.400 bits per heavy atom. The average molecular weight is 1050 g/mol. The minimum absolute atomic E-state index is 0.0130. The number of anilines is 8. The van der Waals surface area contributed by atoms with Gasteiger partial charge in [-0.3, -0.25) is 0 Å². The van der Waals surface area contributed by atoms with E-state index < -0.39 is 0 Å². The van der Waals surface area contributed by atoms with Crippen LogP contribution in [0.1, 0.15) is 58.2 Å².